The molecule has 2 aromatic carbocycles. The number of benzene rings is 2. The second-order valence-corrected chi connectivity index (χ2v) is 4.34. The molecule has 3 rings (SSSR count). The minimum Gasteiger partial charge on any atom is -0.186 e. The molecule has 80 valence electrons. The lowest BCUT2D eigenvalue weighted by Gasteiger charge is -2.45. The fraction of sp³-hybridized carbons (Fsp3) is 0.125. The van der Waals surface area contributed by atoms with E-state index < -0.39 is 0 Å². The highest BCUT2D eigenvalue weighted by Gasteiger charge is 2.11. The van der Waals surface area contributed by atoms with E-state index in [4.69, 9.17) is 0 Å². The highest BCUT2D eigenvalue weighted by atomic mass is 14.3. The lowest BCUT2D eigenvalue weighted by atomic mass is 9.74. The van der Waals surface area contributed by atoms with Gasteiger partial charge in [-0.3, -0.25) is 0 Å². The monoisotopic (exact) mass is 206 g/mol. The quantitative estimate of drug-likeness (QED) is 0.572. The SMILES string of the molecule is C[C-]1c2ccccc2[C-](C)c2ccccc21. The molecule has 0 aromatic heterocycles. The molecule has 0 N–H and O–H groups in total. The Hall–Kier alpha value is -1.82. The van der Waals surface area contributed by atoms with Crippen LogP contribution in [-0.4, -0.2) is 0 Å². The molecule has 0 bridgehead atoms. The minimum absolute atomic E-state index is 1.37. The summed E-state index contributed by atoms with van der Waals surface area (Å²) in [5.41, 5.74) is 5.50. The Bertz CT molecular complexity index is 430. The van der Waals surface area contributed by atoms with E-state index in [0.717, 1.165) is 0 Å². The molecule has 0 unspecified atom stereocenters. The van der Waals surface area contributed by atoms with E-state index >= 15 is 0 Å². The summed E-state index contributed by atoms with van der Waals surface area (Å²) in [6.45, 7) is 4.42. The topological polar surface area (TPSA) is 0 Å². The predicted octanol–water partition coefficient (Wildman–Crippen LogP) is 3.98. The molecule has 0 spiro atoms. The van der Waals surface area contributed by atoms with Crippen LogP contribution in [0.5, 0.6) is 0 Å². The zero-order chi connectivity index (χ0) is 11.1. The van der Waals surface area contributed by atoms with Gasteiger partial charge in [0.25, 0.3) is 0 Å². The lowest BCUT2D eigenvalue weighted by molar-refractivity contribution is 1.03. The van der Waals surface area contributed by atoms with Crippen LogP contribution in [0.25, 0.3) is 0 Å². The first-order chi connectivity index (χ1) is 7.79. The van der Waals surface area contributed by atoms with Crippen LogP contribution in [0.3, 0.4) is 0 Å². The Labute approximate surface area is 96.9 Å². The maximum absolute atomic E-state index is 2.21. The number of fused-ring (bicyclic) bond motifs is 2. The summed E-state index contributed by atoms with van der Waals surface area (Å²) in [5, 5.41) is 0. The highest BCUT2D eigenvalue weighted by Crippen LogP contribution is 2.41. The number of rotatable bonds is 0. The fourth-order valence-electron chi connectivity index (χ4n) is 2.56. The summed E-state index contributed by atoms with van der Waals surface area (Å²) in [7, 11) is 0. The average molecular weight is 206 g/mol. The minimum atomic E-state index is 1.37. The number of hydrogen-bond acceptors (Lipinski definition) is 0. The average Bonchev–Trinajstić information content (AvgIpc) is 2.36. The maximum atomic E-state index is 2.21. The Morgan fingerprint density at radius 2 is 0.812 bits per heavy atom. The molecule has 0 amide bonds. The van der Waals surface area contributed by atoms with Gasteiger partial charge < -0.3 is 0 Å². The summed E-state index contributed by atoms with van der Waals surface area (Å²) in [5.74, 6) is 2.77. The van der Waals surface area contributed by atoms with Crippen molar-refractivity contribution in [3.63, 3.8) is 0 Å². The predicted molar refractivity (Wildman–Crippen MR) is 67.1 cm³/mol. The van der Waals surface area contributed by atoms with Crippen molar-refractivity contribution in [2.75, 3.05) is 0 Å². The third kappa shape index (κ3) is 1.16. The normalized spacial score (nSPS) is 13.4. The third-order valence-electron chi connectivity index (χ3n) is 3.47. The van der Waals surface area contributed by atoms with Gasteiger partial charge in [-0.1, -0.05) is 13.8 Å². The highest BCUT2D eigenvalue weighted by molar-refractivity contribution is 5.65. The van der Waals surface area contributed by atoms with Crippen LogP contribution in [0.4, 0.5) is 0 Å². The fourth-order valence-corrected chi connectivity index (χ4v) is 2.56. The van der Waals surface area contributed by atoms with E-state index in [1.165, 1.54) is 34.1 Å². The molecule has 0 nitrogen and oxygen atoms in total. The summed E-state index contributed by atoms with van der Waals surface area (Å²) in [4.78, 5) is 0. The van der Waals surface area contributed by atoms with E-state index in [0.29, 0.717) is 0 Å². The lowest BCUT2D eigenvalue weighted by Crippen LogP contribution is -2.15. The first-order valence-corrected chi connectivity index (χ1v) is 5.65. The van der Waals surface area contributed by atoms with Crippen molar-refractivity contribution in [1.82, 2.24) is 0 Å². The molecule has 0 atom stereocenters. The molecule has 1 aliphatic carbocycles. The molecule has 0 aliphatic heterocycles. The summed E-state index contributed by atoms with van der Waals surface area (Å²) >= 11 is 0. The van der Waals surface area contributed by atoms with Gasteiger partial charge in [0.05, 0.1) is 0 Å². The molecule has 0 saturated heterocycles. The van der Waals surface area contributed by atoms with Gasteiger partial charge in [0, 0.05) is 0 Å². The van der Waals surface area contributed by atoms with Gasteiger partial charge in [-0.15, -0.1) is 24.3 Å². The molecule has 0 heterocycles. The first-order valence-electron chi connectivity index (χ1n) is 5.65. The molecule has 0 fully saturated rings. The largest absolute Gasteiger partial charge is 0.186 e. The Morgan fingerprint density at radius 1 is 0.562 bits per heavy atom. The summed E-state index contributed by atoms with van der Waals surface area (Å²) < 4.78 is 0. The van der Waals surface area contributed by atoms with Crippen molar-refractivity contribution in [3.8, 4) is 0 Å². The van der Waals surface area contributed by atoms with Crippen molar-refractivity contribution in [2.45, 2.75) is 13.8 Å². The molecular weight excluding hydrogens is 192 g/mol. The van der Waals surface area contributed by atoms with E-state index in [1.807, 2.05) is 0 Å². The van der Waals surface area contributed by atoms with Crippen molar-refractivity contribution in [1.29, 1.82) is 0 Å². The zero-order valence-corrected chi connectivity index (χ0v) is 9.62. The van der Waals surface area contributed by atoms with Gasteiger partial charge in [0.15, 0.2) is 0 Å². The maximum Gasteiger partial charge on any atom is -0.0816 e. The van der Waals surface area contributed by atoms with Crippen LogP contribution in [0.15, 0.2) is 48.5 Å². The Kier molecular flexibility index (Phi) is 1.97. The van der Waals surface area contributed by atoms with Crippen LogP contribution in [-0.2, 0) is 0 Å². The molecular formula is C16H14-2. The van der Waals surface area contributed by atoms with E-state index in [2.05, 4.69) is 62.4 Å². The van der Waals surface area contributed by atoms with Crippen LogP contribution in [0, 0.1) is 11.8 Å². The van der Waals surface area contributed by atoms with Crippen LogP contribution in [0.1, 0.15) is 36.1 Å². The molecule has 0 radical (unpaired) electrons. The van der Waals surface area contributed by atoms with Gasteiger partial charge in [-0.2, -0.15) is 58.4 Å². The second-order valence-electron chi connectivity index (χ2n) is 4.34. The molecule has 16 heavy (non-hydrogen) atoms. The zero-order valence-electron chi connectivity index (χ0n) is 9.62. The molecule has 0 heteroatoms. The second kappa shape index (κ2) is 3.34. The van der Waals surface area contributed by atoms with Gasteiger partial charge in [0.1, 0.15) is 0 Å². The standard InChI is InChI=1S/C16H14/c1-11-13-7-3-5-9-15(13)12(2)16-10-6-4-8-14(11)16/h3-10H,1-2H3/q-2. The van der Waals surface area contributed by atoms with Crippen LogP contribution in [0.2, 0.25) is 0 Å². The van der Waals surface area contributed by atoms with Crippen molar-refractivity contribution >= 4 is 0 Å². The van der Waals surface area contributed by atoms with Gasteiger partial charge in [-0.25, -0.2) is 0 Å². The number of hydrogen-bond donors (Lipinski definition) is 0. The summed E-state index contributed by atoms with van der Waals surface area (Å²) in [6.07, 6.45) is 0. The Morgan fingerprint density at radius 3 is 1.06 bits per heavy atom. The molecule has 1 aliphatic rings. The van der Waals surface area contributed by atoms with Crippen molar-refractivity contribution in [2.24, 2.45) is 0 Å². The molecule has 2 aromatic rings. The van der Waals surface area contributed by atoms with E-state index in [-0.39, 0.29) is 0 Å². The van der Waals surface area contributed by atoms with Gasteiger partial charge >= 0.3 is 0 Å². The van der Waals surface area contributed by atoms with Crippen molar-refractivity contribution in [3.05, 3.63) is 82.6 Å². The third-order valence-corrected chi connectivity index (χ3v) is 3.47. The van der Waals surface area contributed by atoms with Crippen LogP contribution >= 0.6 is 0 Å². The first kappa shape index (κ1) is 9.41. The van der Waals surface area contributed by atoms with Gasteiger partial charge in [-0.05, 0) is 0 Å². The van der Waals surface area contributed by atoms with E-state index in [9.17, 15) is 0 Å². The summed E-state index contributed by atoms with van der Waals surface area (Å²) in [6, 6.07) is 17.3. The molecule has 0 saturated carbocycles. The van der Waals surface area contributed by atoms with Gasteiger partial charge in [0.2, 0.25) is 0 Å². The van der Waals surface area contributed by atoms with Crippen molar-refractivity contribution < 1.29 is 0 Å². The Balaban J connectivity index is 2.26. The smallest absolute Gasteiger partial charge is 0.0816 e. The van der Waals surface area contributed by atoms with E-state index in [1.54, 1.807) is 0 Å². The van der Waals surface area contributed by atoms with Crippen LogP contribution < -0.4 is 0 Å².